The SMILES string of the molecule is CCOC(=O)C1=C(O)C(=Cc2cccc(C)c2O)SC1=Nc1ccccc1C. The van der Waals surface area contributed by atoms with Crippen LogP contribution in [-0.2, 0) is 9.53 Å². The summed E-state index contributed by atoms with van der Waals surface area (Å²) in [6.45, 7) is 5.62. The topological polar surface area (TPSA) is 79.1 Å². The fraction of sp³-hybridized carbons (Fsp3) is 0.182. The zero-order valence-electron chi connectivity index (χ0n) is 15.9. The Morgan fingerprint density at radius 2 is 1.82 bits per heavy atom. The first-order valence-corrected chi connectivity index (χ1v) is 9.67. The van der Waals surface area contributed by atoms with Gasteiger partial charge >= 0.3 is 5.97 Å². The first kappa shape index (κ1) is 19.8. The zero-order chi connectivity index (χ0) is 20.3. The molecule has 1 aliphatic rings. The van der Waals surface area contributed by atoms with Crippen LogP contribution < -0.4 is 0 Å². The number of hydrogen-bond acceptors (Lipinski definition) is 6. The lowest BCUT2D eigenvalue weighted by Crippen LogP contribution is -2.12. The number of nitrogens with zero attached hydrogens (tertiary/aromatic N) is 1. The van der Waals surface area contributed by atoms with E-state index in [4.69, 9.17) is 4.74 Å². The molecule has 0 saturated heterocycles. The van der Waals surface area contributed by atoms with Crippen LogP contribution >= 0.6 is 11.8 Å². The number of aliphatic imine (C=N–C) groups is 1. The summed E-state index contributed by atoms with van der Waals surface area (Å²) in [7, 11) is 0. The average Bonchev–Trinajstić information content (AvgIpc) is 2.96. The summed E-state index contributed by atoms with van der Waals surface area (Å²) in [6.07, 6.45) is 1.64. The molecular weight excluding hydrogens is 374 g/mol. The van der Waals surface area contributed by atoms with Gasteiger partial charge in [-0.15, -0.1) is 0 Å². The fourth-order valence-electron chi connectivity index (χ4n) is 2.73. The standard InChI is InChI=1S/C22H21NO4S/c1-4-27-22(26)18-20(25)17(12-15-10-7-9-14(3)19(15)24)28-21(18)23-16-11-6-5-8-13(16)2/h5-12,24-25H,4H2,1-3H3. The molecule has 3 rings (SSSR count). The van der Waals surface area contributed by atoms with Crippen molar-refractivity contribution in [1.29, 1.82) is 0 Å². The lowest BCUT2D eigenvalue weighted by Gasteiger charge is -2.05. The van der Waals surface area contributed by atoms with Crippen LogP contribution in [-0.4, -0.2) is 27.8 Å². The van der Waals surface area contributed by atoms with E-state index >= 15 is 0 Å². The summed E-state index contributed by atoms with van der Waals surface area (Å²) < 4.78 is 5.11. The number of aliphatic hydroxyl groups is 1. The second kappa shape index (κ2) is 8.35. The Hall–Kier alpha value is -2.99. The number of thioether (sulfide) groups is 1. The number of ether oxygens (including phenoxy) is 1. The monoisotopic (exact) mass is 395 g/mol. The third-order valence-electron chi connectivity index (χ3n) is 4.26. The molecule has 1 heterocycles. The minimum absolute atomic E-state index is 0.0356. The molecule has 28 heavy (non-hydrogen) atoms. The summed E-state index contributed by atoms with van der Waals surface area (Å²) >= 11 is 1.17. The van der Waals surface area contributed by atoms with E-state index in [1.165, 1.54) is 11.8 Å². The zero-order valence-corrected chi connectivity index (χ0v) is 16.7. The minimum atomic E-state index is -0.628. The van der Waals surface area contributed by atoms with Crippen molar-refractivity contribution in [2.75, 3.05) is 6.61 Å². The molecule has 0 amide bonds. The Kier molecular flexibility index (Phi) is 5.90. The van der Waals surface area contributed by atoms with Crippen LogP contribution in [0.1, 0.15) is 23.6 Å². The molecule has 0 spiro atoms. The first-order valence-electron chi connectivity index (χ1n) is 8.86. The molecule has 0 fully saturated rings. The van der Waals surface area contributed by atoms with E-state index in [9.17, 15) is 15.0 Å². The predicted molar refractivity (Wildman–Crippen MR) is 113 cm³/mol. The number of esters is 1. The van der Waals surface area contributed by atoms with Gasteiger partial charge in [0.2, 0.25) is 0 Å². The van der Waals surface area contributed by atoms with E-state index in [-0.39, 0.29) is 23.7 Å². The minimum Gasteiger partial charge on any atom is -0.507 e. The van der Waals surface area contributed by atoms with Gasteiger partial charge in [0, 0.05) is 5.56 Å². The van der Waals surface area contributed by atoms with E-state index in [1.54, 1.807) is 32.1 Å². The van der Waals surface area contributed by atoms with Gasteiger partial charge in [-0.3, -0.25) is 0 Å². The van der Waals surface area contributed by atoms with Crippen LogP contribution in [0, 0.1) is 13.8 Å². The normalized spacial score (nSPS) is 16.8. The third kappa shape index (κ3) is 3.97. The molecule has 0 bridgehead atoms. The summed E-state index contributed by atoms with van der Waals surface area (Å²) in [5.74, 6) is -0.696. The van der Waals surface area contributed by atoms with Crippen molar-refractivity contribution in [3.05, 3.63) is 75.4 Å². The largest absolute Gasteiger partial charge is 0.507 e. The van der Waals surface area contributed by atoms with Crippen LogP contribution in [0.25, 0.3) is 6.08 Å². The molecule has 2 aromatic carbocycles. The van der Waals surface area contributed by atoms with Crippen molar-refractivity contribution < 1.29 is 19.7 Å². The molecule has 2 aromatic rings. The summed E-state index contributed by atoms with van der Waals surface area (Å²) in [4.78, 5) is 17.5. The first-order chi connectivity index (χ1) is 13.4. The number of aryl methyl sites for hydroxylation is 2. The molecule has 0 radical (unpaired) electrons. The van der Waals surface area contributed by atoms with Gasteiger partial charge in [-0.05, 0) is 44.0 Å². The number of phenols is 1. The van der Waals surface area contributed by atoms with Gasteiger partial charge in [0.25, 0.3) is 0 Å². The molecule has 0 aliphatic carbocycles. The number of carbonyl (C=O) groups excluding carboxylic acids is 1. The van der Waals surface area contributed by atoms with Crippen LogP contribution in [0.2, 0.25) is 0 Å². The van der Waals surface area contributed by atoms with Gasteiger partial charge < -0.3 is 14.9 Å². The van der Waals surface area contributed by atoms with Crippen LogP contribution in [0.4, 0.5) is 5.69 Å². The van der Waals surface area contributed by atoms with E-state index in [0.29, 0.717) is 21.2 Å². The van der Waals surface area contributed by atoms with Gasteiger partial charge in [-0.2, -0.15) is 0 Å². The predicted octanol–water partition coefficient (Wildman–Crippen LogP) is 5.20. The van der Waals surface area contributed by atoms with Crippen molar-refractivity contribution in [1.82, 2.24) is 0 Å². The van der Waals surface area contributed by atoms with Gasteiger partial charge in [0.1, 0.15) is 22.1 Å². The highest BCUT2D eigenvalue weighted by atomic mass is 32.2. The summed E-state index contributed by atoms with van der Waals surface area (Å²) in [6, 6.07) is 12.9. The van der Waals surface area contributed by atoms with Gasteiger partial charge in [0.15, 0.2) is 0 Å². The Morgan fingerprint density at radius 3 is 2.54 bits per heavy atom. The maximum Gasteiger partial charge on any atom is 0.344 e. The van der Waals surface area contributed by atoms with Crippen molar-refractivity contribution in [2.24, 2.45) is 4.99 Å². The average molecular weight is 395 g/mol. The van der Waals surface area contributed by atoms with Crippen LogP contribution in [0.3, 0.4) is 0 Å². The summed E-state index contributed by atoms with van der Waals surface area (Å²) in [5.41, 5.74) is 2.97. The maximum absolute atomic E-state index is 12.4. The van der Waals surface area contributed by atoms with Gasteiger partial charge in [-0.1, -0.05) is 48.2 Å². The van der Waals surface area contributed by atoms with Crippen molar-refractivity contribution in [3.8, 4) is 5.75 Å². The van der Waals surface area contributed by atoms with E-state index in [1.807, 2.05) is 37.3 Å². The highest BCUT2D eigenvalue weighted by Gasteiger charge is 2.33. The van der Waals surface area contributed by atoms with E-state index in [0.717, 1.165) is 11.1 Å². The van der Waals surface area contributed by atoms with Crippen LogP contribution in [0.15, 0.2) is 63.7 Å². The molecular formula is C22H21NO4S. The molecule has 144 valence electrons. The second-order valence-corrected chi connectivity index (χ2v) is 7.30. The lowest BCUT2D eigenvalue weighted by molar-refractivity contribution is -0.138. The van der Waals surface area contributed by atoms with E-state index in [2.05, 4.69) is 4.99 Å². The highest BCUT2D eigenvalue weighted by Crippen LogP contribution is 2.41. The molecule has 6 heteroatoms. The van der Waals surface area contributed by atoms with Crippen molar-refractivity contribution >= 4 is 34.5 Å². The third-order valence-corrected chi connectivity index (χ3v) is 5.28. The molecule has 0 saturated carbocycles. The highest BCUT2D eigenvalue weighted by molar-refractivity contribution is 8.18. The van der Waals surface area contributed by atoms with Crippen molar-refractivity contribution in [3.63, 3.8) is 0 Å². The smallest absolute Gasteiger partial charge is 0.344 e. The molecule has 1 aliphatic heterocycles. The molecule has 2 N–H and O–H groups in total. The second-order valence-electron chi connectivity index (χ2n) is 6.27. The number of para-hydroxylation sites is 2. The number of aromatic hydroxyl groups is 1. The fourth-order valence-corrected chi connectivity index (χ4v) is 3.75. The Balaban J connectivity index is 2.10. The maximum atomic E-state index is 12.4. The Morgan fingerprint density at radius 1 is 1.11 bits per heavy atom. The molecule has 0 atom stereocenters. The number of hydrogen-bond donors (Lipinski definition) is 2. The number of phenolic OH excluding ortho intramolecular Hbond substituents is 1. The number of carbonyl (C=O) groups is 1. The van der Waals surface area contributed by atoms with E-state index < -0.39 is 5.97 Å². The quantitative estimate of drug-likeness (QED) is 0.696. The van der Waals surface area contributed by atoms with Gasteiger partial charge in [-0.25, -0.2) is 9.79 Å². The Labute approximate surface area is 168 Å². The lowest BCUT2D eigenvalue weighted by atomic mass is 10.1. The number of aliphatic hydroxyl groups excluding tert-OH is 1. The van der Waals surface area contributed by atoms with Crippen molar-refractivity contribution in [2.45, 2.75) is 20.8 Å². The van der Waals surface area contributed by atoms with Gasteiger partial charge in [0.05, 0.1) is 17.2 Å². The molecule has 0 aromatic heterocycles. The molecule has 0 unspecified atom stereocenters. The number of rotatable bonds is 4. The molecule has 5 nitrogen and oxygen atoms in total. The Bertz CT molecular complexity index is 1020. The summed E-state index contributed by atoms with van der Waals surface area (Å²) in [5, 5.41) is 21.3. The number of benzene rings is 2. The van der Waals surface area contributed by atoms with Crippen LogP contribution in [0.5, 0.6) is 5.75 Å².